The highest BCUT2D eigenvalue weighted by Crippen LogP contribution is 2.15. The van der Waals surface area contributed by atoms with E-state index in [4.69, 9.17) is 10.5 Å². The zero-order chi connectivity index (χ0) is 13.4. The molecule has 0 aromatic heterocycles. The normalized spacial score (nSPS) is 12.4. The molecule has 0 saturated heterocycles. The van der Waals surface area contributed by atoms with Crippen LogP contribution in [-0.2, 0) is 11.2 Å². The minimum atomic E-state index is 0.219. The van der Waals surface area contributed by atoms with Crippen LogP contribution in [0.15, 0.2) is 24.3 Å². The fourth-order valence-electron chi connectivity index (χ4n) is 2.00. The fraction of sp³-hybridized carbons (Fsp3) is 0.600. The van der Waals surface area contributed by atoms with Crippen LogP contribution >= 0.6 is 0 Å². The zero-order valence-corrected chi connectivity index (χ0v) is 11.9. The van der Waals surface area contributed by atoms with Gasteiger partial charge in [0, 0.05) is 31.4 Å². The van der Waals surface area contributed by atoms with Crippen molar-refractivity contribution in [3.63, 3.8) is 0 Å². The van der Waals surface area contributed by atoms with Crippen molar-refractivity contribution in [1.82, 2.24) is 0 Å². The van der Waals surface area contributed by atoms with Crippen LogP contribution in [0.4, 0.5) is 5.69 Å². The Bertz CT molecular complexity index is 322. The fourth-order valence-corrected chi connectivity index (χ4v) is 2.00. The lowest BCUT2D eigenvalue weighted by Gasteiger charge is -2.23. The van der Waals surface area contributed by atoms with Crippen molar-refractivity contribution in [3.8, 4) is 0 Å². The second-order valence-corrected chi connectivity index (χ2v) is 4.62. The van der Waals surface area contributed by atoms with Gasteiger partial charge in [0.2, 0.25) is 0 Å². The molecule has 1 aromatic rings. The number of likely N-dealkylation sites (N-methyl/N-ethyl adjacent to an activating group) is 1. The van der Waals surface area contributed by atoms with Gasteiger partial charge in [0.1, 0.15) is 0 Å². The molecule has 1 atom stereocenters. The van der Waals surface area contributed by atoms with Crippen LogP contribution in [0.5, 0.6) is 0 Å². The number of hydrogen-bond donors (Lipinski definition) is 1. The lowest BCUT2D eigenvalue weighted by molar-refractivity contribution is 0.154. The summed E-state index contributed by atoms with van der Waals surface area (Å²) >= 11 is 0. The number of benzene rings is 1. The Morgan fingerprint density at radius 1 is 1.22 bits per heavy atom. The molecule has 0 spiro atoms. The first-order valence-corrected chi connectivity index (χ1v) is 6.84. The first-order chi connectivity index (χ1) is 8.67. The van der Waals surface area contributed by atoms with Crippen molar-refractivity contribution in [1.29, 1.82) is 0 Å². The van der Waals surface area contributed by atoms with E-state index in [1.54, 1.807) is 0 Å². The van der Waals surface area contributed by atoms with Crippen molar-refractivity contribution in [2.45, 2.75) is 33.2 Å². The average Bonchev–Trinajstić information content (AvgIpc) is 2.35. The highest BCUT2D eigenvalue weighted by Gasteiger charge is 2.04. The monoisotopic (exact) mass is 250 g/mol. The Kier molecular flexibility index (Phi) is 6.76. The van der Waals surface area contributed by atoms with Gasteiger partial charge in [-0.25, -0.2) is 0 Å². The summed E-state index contributed by atoms with van der Waals surface area (Å²) < 4.78 is 5.41. The molecule has 0 heterocycles. The number of nitrogens with two attached hydrogens (primary N) is 1. The van der Waals surface area contributed by atoms with Gasteiger partial charge < -0.3 is 15.4 Å². The standard InChI is InChI=1S/C15H26N2O/c1-4-17(10-11-18-5-2)15-8-6-14(7-9-15)12-13(3)16/h6-9,13H,4-5,10-12,16H2,1-3H3. The van der Waals surface area contributed by atoms with Crippen LogP contribution in [0.25, 0.3) is 0 Å². The molecular formula is C15H26N2O. The van der Waals surface area contributed by atoms with E-state index in [1.165, 1.54) is 11.3 Å². The molecule has 0 bridgehead atoms. The van der Waals surface area contributed by atoms with Gasteiger partial charge in [0.15, 0.2) is 0 Å². The zero-order valence-electron chi connectivity index (χ0n) is 11.9. The first kappa shape index (κ1) is 15.0. The van der Waals surface area contributed by atoms with Gasteiger partial charge in [-0.3, -0.25) is 0 Å². The molecule has 0 fully saturated rings. The van der Waals surface area contributed by atoms with E-state index in [0.717, 1.165) is 32.7 Å². The summed E-state index contributed by atoms with van der Waals surface area (Å²) in [6.45, 7) is 9.74. The summed E-state index contributed by atoms with van der Waals surface area (Å²) in [5.41, 5.74) is 8.36. The summed E-state index contributed by atoms with van der Waals surface area (Å²) in [5.74, 6) is 0. The number of nitrogens with zero attached hydrogens (tertiary/aromatic N) is 1. The average molecular weight is 250 g/mol. The second kappa shape index (κ2) is 8.11. The quantitative estimate of drug-likeness (QED) is 0.720. The summed E-state index contributed by atoms with van der Waals surface area (Å²) in [7, 11) is 0. The maximum atomic E-state index is 5.80. The SMILES string of the molecule is CCOCCN(CC)c1ccc(CC(C)N)cc1. The second-order valence-electron chi connectivity index (χ2n) is 4.62. The molecular weight excluding hydrogens is 224 g/mol. The van der Waals surface area contributed by atoms with E-state index in [9.17, 15) is 0 Å². The van der Waals surface area contributed by atoms with Gasteiger partial charge in [-0.2, -0.15) is 0 Å². The van der Waals surface area contributed by atoms with Crippen molar-refractivity contribution < 1.29 is 4.74 Å². The topological polar surface area (TPSA) is 38.5 Å². The Morgan fingerprint density at radius 3 is 2.39 bits per heavy atom. The van der Waals surface area contributed by atoms with Gasteiger partial charge >= 0.3 is 0 Å². The van der Waals surface area contributed by atoms with E-state index in [2.05, 4.69) is 36.1 Å². The van der Waals surface area contributed by atoms with Gasteiger partial charge in [0.25, 0.3) is 0 Å². The molecule has 3 heteroatoms. The van der Waals surface area contributed by atoms with Crippen molar-refractivity contribution in [2.75, 3.05) is 31.2 Å². The Balaban J connectivity index is 2.57. The number of ether oxygens (including phenoxy) is 1. The maximum Gasteiger partial charge on any atom is 0.0641 e. The third kappa shape index (κ3) is 5.07. The lowest BCUT2D eigenvalue weighted by atomic mass is 10.1. The number of rotatable bonds is 8. The third-order valence-corrected chi connectivity index (χ3v) is 2.95. The van der Waals surface area contributed by atoms with E-state index < -0.39 is 0 Å². The molecule has 1 aromatic carbocycles. The van der Waals surface area contributed by atoms with E-state index in [-0.39, 0.29) is 6.04 Å². The molecule has 18 heavy (non-hydrogen) atoms. The van der Waals surface area contributed by atoms with Crippen molar-refractivity contribution in [3.05, 3.63) is 29.8 Å². The summed E-state index contributed by atoms with van der Waals surface area (Å²) in [6, 6.07) is 8.90. The molecule has 3 nitrogen and oxygen atoms in total. The van der Waals surface area contributed by atoms with Crippen LogP contribution < -0.4 is 10.6 Å². The van der Waals surface area contributed by atoms with Crippen LogP contribution in [0.3, 0.4) is 0 Å². The van der Waals surface area contributed by atoms with Crippen LogP contribution in [0, 0.1) is 0 Å². The lowest BCUT2D eigenvalue weighted by Crippen LogP contribution is -2.27. The van der Waals surface area contributed by atoms with Crippen molar-refractivity contribution in [2.24, 2.45) is 5.73 Å². The van der Waals surface area contributed by atoms with Gasteiger partial charge in [0.05, 0.1) is 6.61 Å². The molecule has 0 aliphatic heterocycles. The maximum absolute atomic E-state index is 5.80. The number of hydrogen-bond acceptors (Lipinski definition) is 3. The smallest absolute Gasteiger partial charge is 0.0641 e. The predicted octanol–water partition coefficient (Wildman–Crippen LogP) is 2.44. The summed E-state index contributed by atoms with van der Waals surface area (Å²) in [5, 5.41) is 0. The molecule has 102 valence electrons. The van der Waals surface area contributed by atoms with Gasteiger partial charge in [-0.1, -0.05) is 12.1 Å². The molecule has 0 aliphatic rings. The third-order valence-electron chi connectivity index (χ3n) is 2.95. The van der Waals surface area contributed by atoms with Crippen LogP contribution in [0.2, 0.25) is 0 Å². The summed E-state index contributed by atoms with van der Waals surface area (Å²) in [6.07, 6.45) is 0.936. The Hall–Kier alpha value is -1.06. The predicted molar refractivity (Wildman–Crippen MR) is 78.2 cm³/mol. The minimum absolute atomic E-state index is 0.219. The largest absolute Gasteiger partial charge is 0.380 e. The number of anilines is 1. The van der Waals surface area contributed by atoms with Crippen molar-refractivity contribution >= 4 is 5.69 Å². The first-order valence-electron chi connectivity index (χ1n) is 6.84. The molecule has 1 unspecified atom stereocenters. The van der Waals surface area contributed by atoms with E-state index in [1.807, 2.05) is 13.8 Å². The van der Waals surface area contributed by atoms with Gasteiger partial charge in [-0.05, 0) is 44.9 Å². The summed E-state index contributed by atoms with van der Waals surface area (Å²) in [4.78, 5) is 2.32. The molecule has 0 radical (unpaired) electrons. The molecule has 0 saturated carbocycles. The van der Waals surface area contributed by atoms with E-state index >= 15 is 0 Å². The highest BCUT2D eigenvalue weighted by atomic mass is 16.5. The molecule has 0 aliphatic carbocycles. The van der Waals surface area contributed by atoms with Crippen LogP contribution in [0.1, 0.15) is 26.3 Å². The Morgan fingerprint density at radius 2 is 1.89 bits per heavy atom. The van der Waals surface area contributed by atoms with Crippen LogP contribution in [-0.4, -0.2) is 32.3 Å². The Labute approximate surface area is 111 Å². The molecule has 0 amide bonds. The van der Waals surface area contributed by atoms with Gasteiger partial charge in [-0.15, -0.1) is 0 Å². The molecule has 1 rings (SSSR count). The molecule has 2 N–H and O–H groups in total. The minimum Gasteiger partial charge on any atom is -0.380 e. The highest BCUT2D eigenvalue weighted by molar-refractivity contribution is 5.47. The van der Waals surface area contributed by atoms with E-state index in [0.29, 0.717) is 0 Å².